The summed E-state index contributed by atoms with van der Waals surface area (Å²) in [5.74, 6) is -1.65. The van der Waals surface area contributed by atoms with Crippen LogP contribution in [0.25, 0.3) is 0 Å². The van der Waals surface area contributed by atoms with Gasteiger partial charge in [-0.1, -0.05) is 42.5 Å². The molecule has 106 valence electrons. The van der Waals surface area contributed by atoms with Crippen molar-refractivity contribution in [1.29, 1.82) is 0 Å². The molecule has 20 heavy (non-hydrogen) atoms. The Morgan fingerprint density at radius 2 is 2.00 bits per heavy atom. The molecule has 0 fully saturated rings. The van der Waals surface area contributed by atoms with Gasteiger partial charge in [0.05, 0.1) is 12.0 Å². The Morgan fingerprint density at radius 3 is 2.60 bits per heavy atom. The van der Waals surface area contributed by atoms with Gasteiger partial charge in [0.2, 0.25) is 5.91 Å². The average molecular weight is 274 g/mol. The van der Waals surface area contributed by atoms with Crippen molar-refractivity contribution in [2.75, 3.05) is 0 Å². The molecule has 0 heterocycles. The normalized spacial score (nSPS) is 22.4. The summed E-state index contributed by atoms with van der Waals surface area (Å²) in [6.07, 6.45) is 4.17. The van der Waals surface area contributed by atoms with Crippen LogP contribution < -0.4 is 11.1 Å². The molecule has 2 unspecified atom stereocenters. The van der Waals surface area contributed by atoms with Crippen LogP contribution in [0.2, 0.25) is 0 Å². The molecule has 0 radical (unpaired) electrons. The van der Waals surface area contributed by atoms with Crippen molar-refractivity contribution >= 4 is 11.9 Å². The van der Waals surface area contributed by atoms with E-state index in [4.69, 9.17) is 10.8 Å². The summed E-state index contributed by atoms with van der Waals surface area (Å²) in [5, 5.41) is 11.7. The Balaban J connectivity index is 1.83. The smallest absolute Gasteiger partial charge is 0.310 e. The van der Waals surface area contributed by atoms with E-state index in [1.54, 1.807) is 12.2 Å². The van der Waals surface area contributed by atoms with E-state index < -0.39 is 17.9 Å². The minimum Gasteiger partial charge on any atom is -0.481 e. The number of hydrogen-bond donors (Lipinski definition) is 3. The first kappa shape index (κ1) is 14.3. The van der Waals surface area contributed by atoms with E-state index in [0.29, 0.717) is 12.8 Å². The van der Waals surface area contributed by atoms with E-state index in [2.05, 4.69) is 5.32 Å². The highest BCUT2D eigenvalue weighted by Crippen LogP contribution is 2.18. The van der Waals surface area contributed by atoms with E-state index in [1.165, 1.54) is 0 Å². The molecule has 1 aliphatic rings. The molecule has 1 aromatic rings. The summed E-state index contributed by atoms with van der Waals surface area (Å²) in [6.45, 7) is 0. The van der Waals surface area contributed by atoms with Crippen LogP contribution in [0.3, 0.4) is 0 Å². The van der Waals surface area contributed by atoms with Crippen LogP contribution in [0.15, 0.2) is 42.5 Å². The Hall–Kier alpha value is -2.14. The second-order valence-corrected chi connectivity index (χ2v) is 4.98. The number of benzene rings is 1. The fourth-order valence-corrected chi connectivity index (χ4v) is 2.24. The zero-order chi connectivity index (χ0) is 14.5. The molecule has 1 aromatic carbocycles. The summed E-state index contributed by atoms with van der Waals surface area (Å²) >= 11 is 0. The zero-order valence-electron chi connectivity index (χ0n) is 11.0. The SMILES string of the molecule is N[C@@H](Cc1ccccc1)C(=O)NC1C=CC(C(=O)O)C1. The number of carbonyl (C=O) groups excluding carboxylic acids is 1. The van der Waals surface area contributed by atoms with Gasteiger partial charge in [-0.25, -0.2) is 0 Å². The van der Waals surface area contributed by atoms with Gasteiger partial charge < -0.3 is 16.2 Å². The number of nitrogens with two attached hydrogens (primary N) is 1. The van der Waals surface area contributed by atoms with Crippen LogP contribution in [-0.4, -0.2) is 29.1 Å². The predicted molar refractivity (Wildman–Crippen MR) is 74.9 cm³/mol. The first-order valence-electron chi connectivity index (χ1n) is 6.57. The quantitative estimate of drug-likeness (QED) is 0.689. The third kappa shape index (κ3) is 3.68. The van der Waals surface area contributed by atoms with Gasteiger partial charge in [0.1, 0.15) is 0 Å². The summed E-state index contributed by atoms with van der Waals surface area (Å²) in [4.78, 5) is 22.8. The van der Waals surface area contributed by atoms with Crippen molar-refractivity contribution in [1.82, 2.24) is 5.32 Å². The van der Waals surface area contributed by atoms with Crippen molar-refractivity contribution in [3.8, 4) is 0 Å². The molecule has 0 aromatic heterocycles. The molecule has 2 rings (SSSR count). The van der Waals surface area contributed by atoms with Gasteiger partial charge in [-0.3, -0.25) is 9.59 Å². The summed E-state index contributed by atoms with van der Waals surface area (Å²) in [7, 11) is 0. The lowest BCUT2D eigenvalue weighted by Crippen LogP contribution is -2.45. The average Bonchev–Trinajstić information content (AvgIpc) is 2.88. The maximum Gasteiger partial charge on any atom is 0.310 e. The van der Waals surface area contributed by atoms with Gasteiger partial charge in [0, 0.05) is 6.04 Å². The largest absolute Gasteiger partial charge is 0.481 e. The van der Waals surface area contributed by atoms with E-state index in [-0.39, 0.29) is 11.9 Å². The monoisotopic (exact) mass is 274 g/mol. The van der Waals surface area contributed by atoms with Crippen LogP contribution in [0.4, 0.5) is 0 Å². The molecule has 0 spiro atoms. The highest BCUT2D eigenvalue weighted by molar-refractivity contribution is 5.82. The fraction of sp³-hybridized carbons (Fsp3) is 0.333. The second kappa shape index (κ2) is 6.34. The highest BCUT2D eigenvalue weighted by atomic mass is 16.4. The maximum atomic E-state index is 12.0. The first-order valence-corrected chi connectivity index (χ1v) is 6.57. The van der Waals surface area contributed by atoms with Crippen molar-refractivity contribution in [3.63, 3.8) is 0 Å². The number of carbonyl (C=O) groups is 2. The molecular formula is C15H18N2O3. The number of nitrogens with one attached hydrogen (secondary N) is 1. The van der Waals surface area contributed by atoms with Gasteiger partial charge in [0.15, 0.2) is 0 Å². The second-order valence-electron chi connectivity index (χ2n) is 4.98. The number of rotatable bonds is 5. The minimum absolute atomic E-state index is 0.245. The van der Waals surface area contributed by atoms with E-state index in [0.717, 1.165) is 5.56 Å². The van der Waals surface area contributed by atoms with Gasteiger partial charge >= 0.3 is 5.97 Å². The van der Waals surface area contributed by atoms with Gasteiger partial charge in [0.25, 0.3) is 0 Å². The Labute approximate surface area is 117 Å². The maximum absolute atomic E-state index is 12.0. The standard InChI is InChI=1S/C15H18N2O3/c16-13(8-10-4-2-1-3-5-10)14(18)17-12-7-6-11(9-12)15(19)20/h1-7,11-13H,8-9,16H2,(H,17,18)(H,19,20)/t11?,12?,13-/m0/s1. The highest BCUT2D eigenvalue weighted by Gasteiger charge is 2.26. The van der Waals surface area contributed by atoms with E-state index in [1.807, 2.05) is 30.3 Å². The van der Waals surface area contributed by atoms with Crippen molar-refractivity contribution < 1.29 is 14.7 Å². The molecule has 0 aliphatic heterocycles. The molecule has 1 aliphatic carbocycles. The first-order chi connectivity index (χ1) is 9.56. The number of carboxylic acids is 1. The lowest BCUT2D eigenvalue weighted by molar-refractivity contribution is -0.140. The van der Waals surface area contributed by atoms with Gasteiger partial charge in [-0.2, -0.15) is 0 Å². The molecule has 5 nitrogen and oxygen atoms in total. The van der Waals surface area contributed by atoms with E-state index >= 15 is 0 Å². The third-order valence-corrected chi connectivity index (χ3v) is 3.36. The summed E-state index contributed by atoms with van der Waals surface area (Å²) < 4.78 is 0. The molecule has 5 heteroatoms. The molecule has 0 saturated heterocycles. The minimum atomic E-state index is -0.869. The van der Waals surface area contributed by atoms with Crippen molar-refractivity contribution in [2.45, 2.75) is 24.9 Å². The Kier molecular flexibility index (Phi) is 4.53. The number of carboxylic acid groups (broad SMARTS) is 1. The van der Waals surface area contributed by atoms with Crippen LogP contribution in [0.1, 0.15) is 12.0 Å². The summed E-state index contributed by atoms with van der Waals surface area (Å²) in [6, 6.07) is 8.67. The Bertz CT molecular complexity index is 513. The lowest BCUT2D eigenvalue weighted by atomic mass is 10.0. The van der Waals surface area contributed by atoms with Crippen LogP contribution in [-0.2, 0) is 16.0 Å². The lowest BCUT2D eigenvalue weighted by Gasteiger charge is -2.16. The summed E-state index contributed by atoms with van der Waals surface area (Å²) in [5.41, 5.74) is 6.87. The van der Waals surface area contributed by atoms with Crippen LogP contribution in [0, 0.1) is 5.92 Å². The van der Waals surface area contributed by atoms with Crippen molar-refractivity contribution in [3.05, 3.63) is 48.0 Å². The van der Waals surface area contributed by atoms with Crippen LogP contribution >= 0.6 is 0 Å². The van der Waals surface area contributed by atoms with E-state index in [9.17, 15) is 9.59 Å². The fourth-order valence-electron chi connectivity index (χ4n) is 2.24. The third-order valence-electron chi connectivity index (χ3n) is 3.36. The number of hydrogen-bond acceptors (Lipinski definition) is 3. The Morgan fingerprint density at radius 1 is 1.30 bits per heavy atom. The van der Waals surface area contributed by atoms with Gasteiger partial charge in [-0.15, -0.1) is 0 Å². The molecule has 4 N–H and O–H groups in total. The van der Waals surface area contributed by atoms with Crippen molar-refractivity contribution in [2.24, 2.45) is 11.7 Å². The predicted octanol–water partition coefficient (Wildman–Crippen LogP) is 0.702. The molecule has 0 saturated carbocycles. The molecule has 1 amide bonds. The molecule has 0 bridgehead atoms. The number of aliphatic carboxylic acids is 1. The topological polar surface area (TPSA) is 92.4 Å². The van der Waals surface area contributed by atoms with Gasteiger partial charge in [-0.05, 0) is 18.4 Å². The number of amides is 1. The molecular weight excluding hydrogens is 256 g/mol. The zero-order valence-corrected chi connectivity index (χ0v) is 11.0. The molecule has 3 atom stereocenters. The van der Waals surface area contributed by atoms with Crippen LogP contribution in [0.5, 0.6) is 0 Å².